The molecule has 0 radical (unpaired) electrons. The highest BCUT2D eigenvalue weighted by molar-refractivity contribution is 7.66. The lowest BCUT2D eigenvalue weighted by atomic mass is 10.00. The number of hydrogen-bond acceptors (Lipinski definition) is 0. The summed E-state index contributed by atoms with van der Waals surface area (Å²) in [6.07, 6.45) is 8.63. The number of aryl methyl sites for hydroxylation is 4. The first-order chi connectivity index (χ1) is 12.0. The van der Waals surface area contributed by atoms with Crippen LogP contribution in [-0.4, -0.2) is 6.16 Å². The van der Waals surface area contributed by atoms with Crippen LogP contribution in [0.3, 0.4) is 0 Å². The Morgan fingerprint density at radius 1 is 0.680 bits per heavy atom. The lowest BCUT2D eigenvalue weighted by molar-refractivity contribution is 1.19. The van der Waals surface area contributed by atoms with E-state index >= 15 is 0 Å². The Kier molecular flexibility index (Phi) is 4.20. The highest BCUT2D eigenvalue weighted by atomic mass is 31.1. The Hall–Kier alpha value is -1.65. The minimum atomic E-state index is -0.181. The van der Waals surface area contributed by atoms with E-state index in [4.69, 9.17) is 0 Å². The van der Waals surface area contributed by atoms with E-state index in [2.05, 4.69) is 71.0 Å². The molecule has 2 aromatic carbocycles. The topological polar surface area (TPSA) is 0 Å². The Bertz CT molecular complexity index is 852. The SMILES string of the molecule is CCP(C1=Cc2c(C)ccc(C)c2C1)C1=Cc2c(C)ccc(C)c2C1. The fourth-order valence-electron chi connectivity index (χ4n) is 4.39. The summed E-state index contributed by atoms with van der Waals surface area (Å²) in [5, 5.41) is 3.36. The Morgan fingerprint density at radius 3 is 1.44 bits per heavy atom. The van der Waals surface area contributed by atoms with Crippen molar-refractivity contribution in [1.82, 2.24) is 0 Å². The average Bonchev–Trinajstić information content (AvgIpc) is 3.22. The summed E-state index contributed by atoms with van der Waals surface area (Å²) < 4.78 is 0. The molecule has 128 valence electrons. The van der Waals surface area contributed by atoms with Gasteiger partial charge in [0.15, 0.2) is 0 Å². The molecule has 0 spiro atoms. The van der Waals surface area contributed by atoms with Crippen LogP contribution in [-0.2, 0) is 12.8 Å². The minimum Gasteiger partial charge on any atom is -0.0608 e. The van der Waals surface area contributed by atoms with Crippen LogP contribution < -0.4 is 0 Å². The molecule has 2 aliphatic rings. The van der Waals surface area contributed by atoms with E-state index < -0.39 is 0 Å². The number of allylic oxidation sites excluding steroid dienone is 2. The van der Waals surface area contributed by atoms with E-state index in [0.29, 0.717) is 0 Å². The van der Waals surface area contributed by atoms with Gasteiger partial charge in [-0.2, -0.15) is 0 Å². The van der Waals surface area contributed by atoms with Crippen molar-refractivity contribution in [2.45, 2.75) is 47.5 Å². The zero-order valence-electron chi connectivity index (χ0n) is 16.0. The number of benzene rings is 2. The van der Waals surface area contributed by atoms with Gasteiger partial charge in [0, 0.05) is 0 Å². The average molecular weight is 346 g/mol. The van der Waals surface area contributed by atoms with Gasteiger partial charge in [-0.1, -0.05) is 51.3 Å². The van der Waals surface area contributed by atoms with Crippen molar-refractivity contribution in [3.8, 4) is 0 Å². The van der Waals surface area contributed by atoms with Crippen LogP contribution in [0.25, 0.3) is 12.2 Å². The van der Waals surface area contributed by atoms with Crippen molar-refractivity contribution >= 4 is 20.1 Å². The van der Waals surface area contributed by atoms with Crippen molar-refractivity contribution in [2.75, 3.05) is 6.16 Å². The molecule has 0 saturated carbocycles. The van der Waals surface area contributed by atoms with Gasteiger partial charge in [0.25, 0.3) is 0 Å². The molecule has 0 N–H and O–H groups in total. The summed E-state index contributed by atoms with van der Waals surface area (Å²) in [7, 11) is -0.181. The van der Waals surface area contributed by atoms with Gasteiger partial charge in [-0.05, 0) is 102 Å². The first kappa shape index (κ1) is 16.8. The smallest absolute Gasteiger partial charge is 0.000930 e. The highest BCUT2D eigenvalue weighted by Crippen LogP contribution is 2.59. The lowest BCUT2D eigenvalue weighted by Gasteiger charge is -2.19. The third-order valence-electron chi connectivity index (χ3n) is 5.97. The molecule has 2 aliphatic carbocycles. The van der Waals surface area contributed by atoms with Crippen molar-refractivity contribution in [3.05, 3.63) is 79.4 Å². The van der Waals surface area contributed by atoms with E-state index in [1.54, 1.807) is 21.8 Å². The van der Waals surface area contributed by atoms with Crippen LogP contribution >= 0.6 is 7.92 Å². The molecule has 25 heavy (non-hydrogen) atoms. The van der Waals surface area contributed by atoms with Crippen LogP contribution in [0.4, 0.5) is 0 Å². The molecule has 0 fully saturated rings. The van der Waals surface area contributed by atoms with Gasteiger partial charge in [-0.15, -0.1) is 0 Å². The predicted molar refractivity (Wildman–Crippen MR) is 113 cm³/mol. The van der Waals surface area contributed by atoms with Crippen molar-refractivity contribution in [2.24, 2.45) is 0 Å². The van der Waals surface area contributed by atoms with Crippen LogP contribution in [0, 0.1) is 27.7 Å². The minimum absolute atomic E-state index is 0.181. The number of fused-ring (bicyclic) bond motifs is 2. The lowest BCUT2D eigenvalue weighted by Crippen LogP contribution is -1.94. The summed E-state index contributed by atoms with van der Waals surface area (Å²) in [5.74, 6) is 0. The third kappa shape index (κ3) is 2.72. The summed E-state index contributed by atoms with van der Waals surface area (Å²) in [4.78, 5) is 0. The van der Waals surface area contributed by atoms with Crippen LogP contribution in [0.1, 0.15) is 51.4 Å². The van der Waals surface area contributed by atoms with Crippen molar-refractivity contribution < 1.29 is 0 Å². The van der Waals surface area contributed by atoms with Gasteiger partial charge in [0.05, 0.1) is 0 Å². The molecule has 4 rings (SSSR count). The molecule has 0 amide bonds. The Labute approximate surface area is 153 Å². The van der Waals surface area contributed by atoms with Crippen LogP contribution in [0.2, 0.25) is 0 Å². The second-order valence-corrected chi connectivity index (χ2v) is 10.2. The van der Waals surface area contributed by atoms with E-state index in [1.165, 1.54) is 39.5 Å². The first-order valence-electron chi connectivity index (χ1n) is 9.36. The molecular weight excluding hydrogens is 319 g/mol. The van der Waals surface area contributed by atoms with Gasteiger partial charge < -0.3 is 0 Å². The van der Waals surface area contributed by atoms with Crippen LogP contribution in [0.15, 0.2) is 34.9 Å². The molecule has 0 bridgehead atoms. The van der Waals surface area contributed by atoms with Gasteiger partial charge in [-0.25, -0.2) is 0 Å². The maximum Gasteiger partial charge on any atom is -0.000930 e. The molecule has 0 aliphatic heterocycles. The fourth-order valence-corrected chi connectivity index (χ4v) is 6.84. The Balaban J connectivity index is 1.70. The standard InChI is InChI=1S/C24H27P/c1-6-25(19-11-21-15(2)7-8-16(3)22(21)12-19)20-13-23-17(4)9-10-18(5)24(23)14-20/h7-11,13H,6,12,14H2,1-5H3. The normalized spacial score (nSPS) is 15.3. The predicted octanol–water partition coefficient (Wildman–Crippen LogP) is 6.92. The van der Waals surface area contributed by atoms with Crippen molar-refractivity contribution in [1.29, 1.82) is 0 Å². The molecule has 0 atom stereocenters. The van der Waals surface area contributed by atoms with E-state index in [0.717, 1.165) is 12.8 Å². The summed E-state index contributed by atoms with van der Waals surface area (Å²) in [5.41, 5.74) is 11.9. The fraction of sp³-hybridized carbons (Fsp3) is 0.333. The monoisotopic (exact) mass is 346 g/mol. The molecule has 0 nitrogen and oxygen atoms in total. The van der Waals surface area contributed by atoms with Crippen molar-refractivity contribution in [3.63, 3.8) is 0 Å². The zero-order valence-corrected chi connectivity index (χ0v) is 16.9. The molecule has 0 saturated heterocycles. The summed E-state index contributed by atoms with van der Waals surface area (Å²) >= 11 is 0. The van der Waals surface area contributed by atoms with E-state index in [-0.39, 0.29) is 7.92 Å². The molecule has 1 heteroatoms. The molecular formula is C24H27P. The molecule has 0 aromatic heterocycles. The molecule has 0 unspecified atom stereocenters. The highest BCUT2D eigenvalue weighted by Gasteiger charge is 2.27. The zero-order chi connectivity index (χ0) is 17.7. The summed E-state index contributed by atoms with van der Waals surface area (Å²) in [6.45, 7) is 11.4. The van der Waals surface area contributed by atoms with E-state index in [9.17, 15) is 0 Å². The quantitative estimate of drug-likeness (QED) is 0.529. The van der Waals surface area contributed by atoms with Gasteiger partial charge in [0.2, 0.25) is 0 Å². The van der Waals surface area contributed by atoms with Gasteiger partial charge >= 0.3 is 0 Å². The maximum absolute atomic E-state index is 2.52. The van der Waals surface area contributed by atoms with Gasteiger partial charge in [0.1, 0.15) is 0 Å². The Morgan fingerprint density at radius 2 is 1.08 bits per heavy atom. The van der Waals surface area contributed by atoms with E-state index in [1.807, 2.05) is 0 Å². The van der Waals surface area contributed by atoms with Crippen LogP contribution in [0.5, 0.6) is 0 Å². The third-order valence-corrected chi connectivity index (χ3v) is 8.56. The second-order valence-electron chi connectivity index (χ2n) is 7.55. The maximum atomic E-state index is 2.52. The molecule has 0 heterocycles. The van der Waals surface area contributed by atoms with Gasteiger partial charge in [-0.3, -0.25) is 0 Å². The second kappa shape index (κ2) is 6.26. The number of hydrogen-bond donors (Lipinski definition) is 0. The first-order valence-corrected chi connectivity index (χ1v) is 10.9. The summed E-state index contributed by atoms with van der Waals surface area (Å²) in [6, 6.07) is 9.13. The molecule has 2 aromatic rings. The largest absolute Gasteiger partial charge is 0.0608 e. The number of rotatable bonds is 3.